The van der Waals surface area contributed by atoms with Crippen molar-refractivity contribution in [1.82, 2.24) is 0 Å². The van der Waals surface area contributed by atoms with Crippen molar-refractivity contribution < 1.29 is 19.4 Å². The number of unbranched alkanes of at least 4 members (excludes halogenated alkanes) is 23. The van der Waals surface area contributed by atoms with Crippen molar-refractivity contribution in [2.45, 2.75) is 225 Å². The molecule has 0 aliphatic heterocycles. The molecule has 1 unspecified atom stereocenters. The third kappa shape index (κ3) is 36.8. The summed E-state index contributed by atoms with van der Waals surface area (Å²) in [6, 6.07) is 0. The number of hydrogen-bond donors (Lipinski definition) is 1. The maximum Gasteiger partial charge on any atom is 0.306 e. The Kier molecular flexibility index (Phi) is 35.6. The molecule has 4 nitrogen and oxygen atoms in total. The van der Waals surface area contributed by atoms with E-state index in [1.807, 2.05) is 0 Å². The number of carbonyl (C=O) groups excluding carboxylic acids is 1. The summed E-state index contributed by atoms with van der Waals surface area (Å²) >= 11 is 0. The third-order valence-electron chi connectivity index (χ3n) is 8.93. The maximum absolute atomic E-state index is 12.6. The summed E-state index contributed by atoms with van der Waals surface area (Å²) in [6.45, 7) is 4.49. The van der Waals surface area contributed by atoms with Gasteiger partial charge in [-0.25, -0.2) is 0 Å². The van der Waals surface area contributed by atoms with Gasteiger partial charge in [0.05, 0.1) is 0 Å². The maximum atomic E-state index is 12.6. The Morgan fingerprint density at radius 3 is 1.36 bits per heavy atom. The SMILES string of the molecule is CCCCC/C=C\C/C=C\CCCCCCCCCCCCCC(=O)OC(CCCCCC)CCCCCCCCCC(=O)O. The van der Waals surface area contributed by atoms with Gasteiger partial charge in [0.2, 0.25) is 0 Å². The largest absolute Gasteiger partial charge is 0.481 e. The molecular formula is C41H76O4. The summed E-state index contributed by atoms with van der Waals surface area (Å²) in [5.74, 6) is -0.674. The fraction of sp³-hybridized carbons (Fsp3) is 0.854. The quantitative estimate of drug-likeness (QED) is 0.0424. The minimum atomic E-state index is -0.687. The Morgan fingerprint density at radius 2 is 0.867 bits per heavy atom. The van der Waals surface area contributed by atoms with Crippen LogP contribution in [0.1, 0.15) is 219 Å². The molecule has 264 valence electrons. The number of ether oxygens (including phenoxy) is 1. The lowest BCUT2D eigenvalue weighted by Crippen LogP contribution is -2.18. The van der Waals surface area contributed by atoms with Crippen molar-refractivity contribution in [3.05, 3.63) is 24.3 Å². The normalized spacial score (nSPS) is 12.4. The van der Waals surface area contributed by atoms with E-state index in [1.54, 1.807) is 0 Å². The van der Waals surface area contributed by atoms with E-state index in [0.29, 0.717) is 12.8 Å². The van der Waals surface area contributed by atoms with E-state index in [9.17, 15) is 9.59 Å². The highest BCUT2D eigenvalue weighted by Gasteiger charge is 2.14. The zero-order valence-electron chi connectivity index (χ0n) is 30.2. The highest BCUT2D eigenvalue weighted by atomic mass is 16.5. The first-order valence-corrected chi connectivity index (χ1v) is 19.8. The Morgan fingerprint density at radius 1 is 0.489 bits per heavy atom. The van der Waals surface area contributed by atoms with Crippen LogP contribution >= 0.6 is 0 Å². The number of carboxylic acids is 1. The van der Waals surface area contributed by atoms with Gasteiger partial charge in [0.15, 0.2) is 0 Å². The fourth-order valence-electron chi connectivity index (χ4n) is 5.98. The summed E-state index contributed by atoms with van der Waals surface area (Å²) in [4.78, 5) is 23.2. The molecule has 0 saturated heterocycles. The first kappa shape index (κ1) is 43.4. The Hall–Kier alpha value is -1.58. The standard InChI is InChI=1S/C41H76O4/c1-3-5-7-9-10-11-12-13-14-15-16-17-18-19-20-21-22-23-27-30-34-38-41(44)45-39(35-31-8-6-4-2)36-32-28-25-24-26-29-33-37-40(42)43/h10-11,13-14,39H,3-9,12,15-38H2,1-2H3,(H,42,43)/b11-10-,14-13-. The van der Waals surface area contributed by atoms with E-state index >= 15 is 0 Å². The minimum Gasteiger partial charge on any atom is -0.481 e. The monoisotopic (exact) mass is 633 g/mol. The molecule has 0 bridgehead atoms. The van der Waals surface area contributed by atoms with E-state index < -0.39 is 5.97 Å². The van der Waals surface area contributed by atoms with Gasteiger partial charge in [-0.15, -0.1) is 0 Å². The molecule has 4 heteroatoms. The van der Waals surface area contributed by atoms with E-state index in [1.165, 1.54) is 128 Å². The highest BCUT2D eigenvalue weighted by molar-refractivity contribution is 5.69. The van der Waals surface area contributed by atoms with Gasteiger partial charge in [-0.05, 0) is 70.6 Å². The number of esters is 1. The average molecular weight is 633 g/mol. The van der Waals surface area contributed by atoms with Gasteiger partial charge in [0.1, 0.15) is 6.10 Å². The Balaban J connectivity index is 3.71. The van der Waals surface area contributed by atoms with Gasteiger partial charge in [-0.1, -0.05) is 160 Å². The molecule has 0 aromatic rings. The molecule has 0 radical (unpaired) electrons. The van der Waals surface area contributed by atoms with Crippen LogP contribution in [0.15, 0.2) is 24.3 Å². The zero-order valence-corrected chi connectivity index (χ0v) is 30.2. The minimum absolute atomic E-state index is 0.0130. The van der Waals surface area contributed by atoms with Crippen LogP contribution < -0.4 is 0 Å². The molecule has 0 amide bonds. The predicted octanol–water partition coefficient (Wildman–Crippen LogP) is 13.6. The zero-order chi connectivity index (χ0) is 32.9. The molecule has 0 aromatic carbocycles. The van der Waals surface area contributed by atoms with Crippen molar-refractivity contribution in [3.8, 4) is 0 Å². The molecule has 45 heavy (non-hydrogen) atoms. The van der Waals surface area contributed by atoms with Crippen LogP contribution in [-0.2, 0) is 14.3 Å². The number of aliphatic carboxylic acids is 1. The van der Waals surface area contributed by atoms with Crippen LogP contribution in [-0.4, -0.2) is 23.1 Å². The van der Waals surface area contributed by atoms with E-state index in [-0.39, 0.29) is 12.1 Å². The third-order valence-corrected chi connectivity index (χ3v) is 8.93. The van der Waals surface area contributed by atoms with Gasteiger partial charge in [-0.3, -0.25) is 9.59 Å². The molecule has 0 fully saturated rings. The Labute approximate surface area is 280 Å². The summed E-state index contributed by atoms with van der Waals surface area (Å²) in [7, 11) is 0. The van der Waals surface area contributed by atoms with E-state index in [4.69, 9.17) is 9.84 Å². The van der Waals surface area contributed by atoms with Crippen molar-refractivity contribution in [2.24, 2.45) is 0 Å². The van der Waals surface area contributed by atoms with Crippen LogP contribution in [0.2, 0.25) is 0 Å². The molecular weight excluding hydrogens is 556 g/mol. The van der Waals surface area contributed by atoms with Crippen LogP contribution in [0, 0.1) is 0 Å². The average Bonchev–Trinajstić information content (AvgIpc) is 3.02. The lowest BCUT2D eigenvalue weighted by Gasteiger charge is -2.18. The molecule has 0 aliphatic rings. The molecule has 0 saturated carbocycles. The van der Waals surface area contributed by atoms with Crippen LogP contribution in [0.5, 0.6) is 0 Å². The van der Waals surface area contributed by atoms with Gasteiger partial charge in [-0.2, -0.15) is 0 Å². The van der Waals surface area contributed by atoms with Gasteiger partial charge < -0.3 is 9.84 Å². The second-order valence-corrected chi connectivity index (χ2v) is 13.5. The van der Waals surface area contributed by atoms with Crippen molar-refractivity contribution in [2.75, 3.05) is 0 Å². The first-order chi connectivity index (χ1) is 22.1. The second kappa shape index (κ2) is 36.9. The Bertz CT molecular complexity index is 683. The summed E-state index contributed by atoms with van der Waals surface area (Å²) in [6.07, 6.45) is 46.5. The molecule has 0 aromatic heterocycles. The summed E-state index contributed by atoms with van der Waals surface area (Å²) < 4.78 is 5.96. The number of carboxylic acid groups (broad SMARTS) is 1. The van der Waals surface area contributed by atoms with E-state index in [2.05, 4.69) is 38.2 Å². The molecule has 0 spiro atoms. The van der Waals surface area contributed by atoms with Crippen LogP contribution in [0.4, 0.5) is 0 Å². The first-order valence-electron chi connectivity index (χ1n) is 19.8. The fourth-order valence-corrected chi connectivity index (χ4v) is 5.98. The van der Waals surface area contributed by atoms with Gasteiger partial charge >= 0.3 is 11.9 Å². The molecule has 0 aliphatic carbocycles. The predicted molar refractivity (Wildman–Crippen MR) is 195 cm³/mol. The summed E-state index contributed by atoms with van der Waals surface area (Å²) in [5.41, 5.74) is 0. The van der Waals surface area contributed by atoms with Gasteiger partial charge in [0, 0.05) is 12.8 Å². The number of hydrogen-bond acceptors (Lipinski definition) is 3. The molecule has 0 rings (SSSR count). The van der Waals surface area contributed by atoms with Crippen LogP contribution in [0.3, 0.4) is 0 Å². The van der Waals surface area contributed by atoms with E-state index in [0.717, 1.165) is 64.2 Å². The van der Waals surface area contributed by atoms with Crippen molar-refractivity contribution >= 4 is 11.9 Å². The molecule has 0 heterocycles. The van der Waals surface area contributed by atoms with Crippen molar-refractivity contribution in [3.63, 3.8) is 0 Å². The lowest BCUT2D eigenvalue weighted by atomic mass is 10.0. The van der Waals surface area contributed by atoms with Gasteiger partial charge in [0.25, 0.3) is 0 Å². The highest BCUT2D eigenvalue weighted by Crippen LogP contribution is 2.18. The number of allylic oxidation sites excluding steroid dienone is 4. The second-order valence-electron chi connectivity index (χ2n) is 13.5. The smallest absolute Gasteiger partial charge is 0.306 e. The summed E-state index contributed by atoms with van der Waals surface area (Å²) in [5, 5.41) is 8.73. The van der Waals surface area contributed by atoms with Crippen LogP contribution in [0.25, 0.3) is 0 Å². The number of carbonyl (C=O) groups is 2. The molecule has 1 N–H and O–H groups in total. The van der Waals surface area contributed by atoms with Crippen molar-refractivity contribution in [1.29, 1.82) is 0 Å². The molecule has 1 atom stereocenters. The topological polar surface area (TPSA) is 63.6 Å². The lowest BCUT2D eigenvalue weighted by molar-refractivity contribution is -0.150. The number of rotatable bonds is 36.